The number of amides is 1. The number of hydrogen-bond donors (Lipinski definition) is 3. The standard InChI is InChI=1S/C25H27F3N8O2/c1-38-20-14-29-16-30-22(20)17-4-5-18-19(12-17)33-23(32-18)34-24(6-2-3-7-31-24)15-35-8-10-36(11-9-35)21(37)13-25(26,27)28/h2-7,12,14,16,31H,8-11,13,15H2,1H3,(H2,32,33,34). The number of rotatable bonds is 7. The molecule has 1 fully saturated rings. The van der Waals surface area contributed by atoms with Gasteiger partial charge in [-0.15, -0.1) is 0 Å². The van der Waals surface area contributed by atoms with E-state index in [1.807, 2.05) is 42.6 Å². The molecule has 0 saturated carbocycles. The van der Waals surface area contributed by atoms with Gasteiger partial charge in [0.05, 0.1) is 24.3 Å². The molecule has 1 amide bonds. The predicted molar refractivity (Wildman–Crippen MR) is 135 cm³/mol. The van der Waals surface area contributed by atoms with Crippen LogP contribution in [0.25, 0.3) is 22.3 Å². The highest BCUT2D eigenvalue weighted by molar-refractivity contribution is 5.84. The zero-order valence-corrected chi connectivity index (χ0v) is 20.6. The van der Waals surface area contributed by atoms with Crippen LogP contribution in [0.5, 0.6) is 5.75 Å². The topological polar surface area (TPSA) is 111 Å². The number of anilines is 1. The molecule has 38 heavy (non-hydrogen) atoms. The summed E-state index contributed by atoms with van der Waals surface area (Å²) in [4.78, 5) is 31.7. The van der Waals surface area contributed by atoms with Crippen LogP contribution in [0.1, 0.15) is 6.42 Å². The van der Waals surface area contributed by atoms with Crippen LogP contribution in [-0.4, -0.2) is 87.3 Å². The average molecular weight is 529 g/mol. The largest absolute Gasteiger partial charge is 0.493 e. The molecule has 1 saturated heterocycles. The van der Waals surface area contributed by atoms with Gasteiger partial charge in [0.1, 0.15) is 24.1 Å². The van der Waals surface area contributed by atoms with E-state index in [4.69, 9.17) is 4.74 Å². The Morgan fingerprint density at radius 3 is 2.74 bits per heavy atom. The number of halogens is 3. The number of methoxy groups -OCH3 is 1. The third kappa shape index (κ3) is 5.72. The zero-order valence-electron chi connectivity index (χ0n) is 20.6. The number of benzene rings is 1. The van der Waals surface area contributed by atoms with Crippen molar-refractivity contribution in [3.05, 3.63) is 55.2 Å². The van der Waals surface area contributed by atoms with Gasteiger partial charge in [0.2, 0.25) is 11.9 Å². The molecule has 10 nitrogen and oxygen atoms in total. The first-order valence-electron chi connectivity index (χ1n) is 12.0. The van der Waals surface area contributed by atoms with E-state index in [-0.39, 0.29) is 13.1 Å². The van der Waals surface area contributed by atoms with Gasteiger partial charge in [-0.2, -0.15) is 13.2 Å². The molecule has 200 valence electrons. The van der Waals surface area contributed by atoms with Gasteiger partial charge in [-0.3, -0.25) is 9.69 Å². The Bertz CT molecular complexity index is 1360. The number of piperazine rings is 1. The molecule has 3 aromatic rings. The Balaban J connectivity index is 1.30. The number of carbonyl (C=O) groups excluding carboxylic acids is 1. The van der Waals surface area contributed by atoms with Crippen molar-refractivity contribution in [2.24, 2.45) is 0 Å². The molecule has 2 aromatic heterocycles. The number of nitrogens with one attached hydrogen (secondary N) is 3. The maximum Gasteiger partial charge on any atom is 0.397 e. The molecule has 2 aliphatic rings. The summed E-state index contributed by atoms with van der Waals surface area (Å²) in [7, 11) is 1.57. The fourth-order valence-corrected chi connectivity index (χ4v) is 4.64. The number of fused-ring (bicyclic) bond motifs is 1. The number of aromatic nitrogens is 4. The lowest BCUT2D eigenvalue weighted by molar-refractivity contribution is -0.162. The number of alkyl halides is 3. The summed E-state index contributed by atoms with van der Waals surface area (Å²) in [5.41, 5.74) is 2.34. The van der Waals surface area contributed by atoms with Crippen LogP contribution in [0.3, 0.4) is 0 Å². The number of nitrogens with zero attached hydrogens (tertiary/aromatic N) is 5. The average Bonchev–Trinajstić information content (AvgIpc) is 3.29. The molecule has 4 heterocycles. The summed E-state index contributed by atoms with van der Waals surface area (Å²) in [6.45, 7) is 1.89. The van der Waals surface area contributed by atoms with Crippen LogP contribution in [0.4, 0.5) is 19.1 Å². The zero-order chi connectivity index (χ0) is 26.8. The summed E-state index contributed by atoms with van der Waals surface area (Å²) in [5.74, 6) is 0.218. The minimum Gasteiger partial charge on any atom is -0.493 e. The molecular weight excluding hydrogens is 501 g/mol. The van der Waals surface area contributed by atoms with Gasteiger partial charge in [-0.05, 0) is 30.5 Å². The van der Waals surface area contributed by atoms with Gasteiger partial charge < -0.3 is 25.3 Å². The van der Waals surface area contributed by atoms with Crippen molar-refractivity contribution < 1.29 is 22.7 Å². The van der Waals surface area contributed by atoms with Crippen LogP contribution in [-0.2, 0) is 4.79 Å². The van der Waals surface area contributed by atoms with E-state index in [0.717, 1.165) is 16.6 Å². The van der Waals surface area contributed by atoms with Crippen molar-refractivity contribution in [1.82, 2.24) is 35.1 Å². The van der Waals surface area contributed by atoms with Crippen molar-refractivity contribution in [3.8, 4) is 17.0 Å². The van der Waals surface area contributed by atoms with Crippen molar-refractivity contribution in [2.45, 2.75) is 18.3 Å². The Morgan fingerprint density at radius 2 is 2.03 bits per heavy atom. The molecule has 5 rings (SSSR count). The molecule has 13 heteroatoms. The van der Waals surface area contributed by atoms with Crippen molar-refractivity contribution in [1.29, 1.82) is 0 Å². The monoisotopic (exact) mass is 528 g/mol. The lowest BCUT2D eigenvalue weighted by atomic mass is 10.1. The van der Waals surface area contributed by atoms with E-state index in [2.05, 4.69) is 35.5 Å². The molecule has 2 aliphatic heterocycles. The Morgan fingerprint density at radius 1 is 1.21 bits per heavy atom. The number of imidazole rings is 1. The molecule has 3 N–H and O–H groups in total. The number of ether oxygens (including phenoxy) is 1. The molecule has 0 bridgehead atoms. The quantitative estimate of drug-likeness (QED) is 0.430. The van der Waals surface area contributed by atoms with Gasteiger partial charge in [0.15, 0.2) is 5.75 Å². The Kier molecular flexibility index (Phi) is 6.93. The third-order valence-electron chi connectivity index (χ3n) is 6.47. The second-order valence-electron chi connectivity index (χ2n) is 9.16. The van der Waals surface area contributed by atoms with Crippen molar-refractivity contribution in [3.63, 3.8) is 0 Å². The van der Waals surface area contributed by atoms with E-state index in [1.165, 1.54) is 11.2 Å². The SMILES string of the molecule is COc1cncnc1-c1ccc2nc(NC3(CN4CCN(C(=O)CC(F)(F)F)CC4)C=CC=CN3)[nH]c2c1. The summed E-state index contributed by atoms with van der Waals surface area (Å²) < 4.78 is 43.2. The van der Waals surface area contributed by atoms with Crippen LogP contribution >= 0.6 is 0 Å². The minimum atomic E-state index is -4.50. The Labute approximate surface area is 216 Å². The predicted octanol–water partition coefficient (Wildman–Crippen LogP) is 2.91. The highest BCUT2D eigenvalue weighted by atomic mass is 19.4. The maximum absolute atomic E-state index is 12.6. The fourth-order valence-electron chi connectivity index (χ4n) is 4.64. The molecule has 0 aliphatic carbocycles. The van der Waals surface area contributed by atoms with Crippen molar-refractivity contribution in [2.75, 3.05) is 45.2 Å². The second kappa shape index (κ2) is 10.3. The summed E-state index contributed by atoms with van der Waals surface area (Å²) in [6.07, 6.45) is 4.72. The summed E-state index contributed by atoms with van der Waals surface area (Å²) in [5, 5.41) is 6.79. The van der Waals surface area contributed by atoms with Crippen molar-refractivity contribution >= 4 is 22.9 Å². The number of carbonyl (C=O) groups is 1. The number of hydrogen-bond acceptors (Lipinski definition) is 8. The van der Waals surface area contributed by atoms with E-state index in [0.29, 0.717) is 37.0 Å². The van der Waals surface area contributed by atoms with Crippen LogP contribution < -0.4 is 15.4 Å². The first-order valence-corrected chi connectivity index (χ1v) is 12.0. The van der Waals surface area contributed by atoms with E-state index in [9.17, 15) is 18.0 Å². The molecular formula is C25H27F3N8O2. The van der Waals surface area contributed by atoms with E-state index >= 15 is 0 Å². The van der Waals surface area contributed by atoms with Crippen LogP contribution in [0, 0.1) is 0 Å². The lowest BCUT2D eigenvalue weighted by Gasteiger charge is -2.41. The van der Waals surface area contributed by atoms with Gasteiger partial charge in [-0.1, -0.05) is 12.1 Å². The maximum atomic E-state index is 12.6. The molecule has 0 radical (unpaired) electrons. The first kappa shape index (κ1) is 25.5. The minimum absolute atomic E-state index is 0.241. The lowest BCUT2D eigenvalue weighted by Crippen LogP contribution is -2.60. The molecule has 0 spiro atoms. The van der Waals surface area contributed by atoms with Gasteiger partial charge in [0.25, 0.3) is 0 Å². The fraction of sp³-hybridized carbons (Fsp3) is 0.360. The highest BCUT2D eigenvalue weighted by Crippen LogP contribution is 2.29. The first-order chi connectivity index (χ1) is 18.2. The van der Waals surface area contributed by atoms with Gasteiger partial charge >= 0.3 is 6.18 Å². The van der Waals surface area contributed by atoms with Crippen LogP contribution in [0.15, 0.2) is 55.2 Å². The molecule has 1 aromatic carbocycles. The van der Waals surface area contributed by atoms with E-state index in [1.54, 1.807) is 13.3 Å². The molecule has 1 unspecified atom stereocenters. The van der Waals surface area contributed by atoms with Crippen LogP contribution in [0.2, 0.25) is 0 Å². The molecule has 1 atom stereocenters. The second-order valence-corrected chi connectivity index (χ2v) is 9.16. The number of H-pyrrole nitrogens is 1. The normalized spacial score (nSPS) is 19.9. The Hall–Kier alpha value is -4.13. The van der Waals surface area contributed by atoms with E-state index < -0.39 is 24.2 Å². The highest BCUT2D eigenvalue weighted by Gasteiger charge is 2.36. The van der Waals surface area contributed by atoms with Gasteiger partial charge in [-0.25, -0.2) is 15.0 Å². The smallest absolute Gasteiger partial charge is 0.397 e. The summed E-state index contributed by atoms with van der Waals surface area (Å²) >= 11 is 0. The third-order valence-corrected chi connectivity index (χ3v) is 6.47. The number of aromatic amines is 1. The number of allylic oxidation sites excluding steroid dienone is 2. The number of dihydropyridines is 1. The van der Waals surface area contributed by atoms with Gasteiger partial charge in [0, 0.05) is 38.3 Å². The summed E-state index contributed by atoms with van der Waals surface area (Å²) in [6, 6.07) is 5.74.